The maximum atomic E-state index is 6.72. The number of hydrogen-bond acceptors (Lipinski definition) is 4. The molecule has 2 aliphatic rings. The van der Waals surface area contributed by atoms with Crippen LogP contribution in [0.2, 0.25) is 0 Å². The molecule has 0 fully saturated rings. The largest absolute Gasteiger partial charge is 0.456 e. The van der Waals surface area contributed by atoms with E-state index in [4.69, 9.17) is 8.83 Å². The van der Waals surface area contributed by atoms with E-state index in [-0.39, 0.29) is 0 Å². The molecule has 4 heterocycles. The van der Waals surface area contributed by atoms with Crippen molar-refractivity contribution in [3.05, 3.63) is 127 Å². The van der Waals surface area contributed by atoms with Gasteiger partial charge in [0.15, 0.2) is 0 Å². The Kier molecular flexibility index (Phi) is 4.93. The van der Waals surface area contributed by atoms with Crippen molar-refractivity contribution in [2.75, 3.05) is 0 Å². The summed E-state index contributed by atoms with van der Waals surface area (Å²) in [6.07, 6.45) is 1.87. The van der Waals surface area contributed by atoms with Gasteiger partial charge in [0, 0.05) is 41.1 Å². The molecule has 4 heteroatoms. The van der Waals surface area contributed by atoms with Gasteiger partial charge in [-0.25, -0.2) is 0 Å². The van der Waals surface area contributed by atoms with E-state index in [2.05, 4.69) is 122 Å². The number of hydrogen-bond donors (Lipinski definition) is 0. The molecule has 2 aliphatic heterocycles. The lowest BCUT2D eigenvalue weighted by Crippen LogP contribution is -1.95. The monoisotopic (exact) mass is 598 g/mol. The zero-order chi connectivity index (χ0) is 28.9. The van der Waals surface area contributed by atoms with E-state index >= 15 is 0 Å². The Hall–Kier alpha value is -5.16. The van der Waals surface area contributed by atoms with Gasteiger partial charge in [-0.1, -0.05) is 79.4 Å². The first-order chi connectivity index (χ1) is 21.7. The van der Waals surface area contributed by atoms with Gasteiger partial charge >= 0.3 is 0 Å². The van der Waals surface area contributed by atoms with Crippen molar-refractivity contribution < 1.29 is 8.83 Å². The fourth-order valence-corrected chi connectivity index (χ4v) is 9.11. The van der Waals surface area contributed by atoms with Gasteiger partial charge in [0.25, 0.3) is 0 Å². The van der Waals surface area contributed by atoms with Crippen molar-refractivity contribution in [1.29, 1.82) is 0 Å². The average molecular weight is 599 g/mol. The third-order valence-electron chi connectivity index (χ3n) is 8.81. The van der Waals surface area contributed by atoms with Crippen molar-refractivity contribution in [3.8, 4) is 43.1 Å². The standard InChI is InChI=1S/C40H22O2S2/c1-2-22-8-10-23(11-9-22)27-16-25-12-14-30-39-37(25)31(18-27)41-29-15-13-26-17-28(19-32(42-30)38(26)40(29)39)34-21-36-35(44-34)20-33(43-36)24-6-4-3-5-7-24/h2-21H,1H2. The zero-order valence-electron chi connectivity index (χ0n) is 23.4. The van der Waals surface area contributed by atoms with Crippen LogP contribution in [-0.4, -0.2) is 0 Å². The number of benzene rings is 6. The molecule has 0 spiro atoms. The highest BCUT2D eigenvalue weighted by Gasteiger charge is 2.25. The van der Waals surface area contributed by atoms with Gasteiger partial charge < -0.3 is 8.83 Å². The maximum Gasteiger partial charge on any atom is 0.136 e. The van der Waals surface area contributed by atoms with Gasteiger partial charge in [0.05, 0.1) is 0 Å². The van der Waals surface area contributed by atoms with Crippen LogP contribution in [0, 0.1) is 0 Å². The second kappa shape index (κ2) is 8.93. The molecule has 10 rings (SSSR count). The van der Waals surface area contributed by atoms with Gasteiger partial charge in [-0.3, -0.25) is 0 Å². The molecule has 0 saturated heterocycles. The molecule has 8 aromatic rings. The quantitative estimate of drug-likeness (QED) is 0.149. The van der Waals surface area contributed by atoms with Gasteiger partial charge in [-0.15, -0.1) is 22.7 Å². The van der Waals surface area contributed by atoms with Crippen LogP contribution in [0.4, 0.5) is 0 Å². The van der Waals surface area contributed by atoms with Crippen molar-refractivity contribution >= 4 is 82.0 Å². The molecule has 0 aliphatic carbocycles. The summed E-state index contributed by atoms with van der Waals surface area (Å²) in [6, 6.07) is 41.2. The van der Waals surface area contributed by atoms with Crippen LogP contribution in [0.1, 0.15) is 5.56 Å². The first-order valence-electron chi connectivity index (χ1n) is 14.6. The van der Waals surface area contributed by atoms with E-state index in [1.807, 2.05) is 28.7 Å². The minimum atomic E-state index is 0.867. The van der Waals surface area contributed by atoms with Crippen LogP contribution in [0.15, 0.2) is 131 Å². The summed E-state index contributed by atoms with van der Waals surface area (Å²) in [6.45, 7) is 3.88. The smallest absolute Gasteiger partial charge is 0.136 e. The van der Waals surface area contributed by atoms with E-state index in [9.17, 15) is 0 Å². The number of thiophene rings is 2. The Labute approximate surface area is 260 Å². The first-order valence-corrected chi connectivity index (χ1v) is 16.2. The lowest BCUT2D eigenvalue weighted by molar-refractivity contribution is 0.646. The van der Waals surface area contributed by atoms with Crippen LogP contribution >= 0.6 is 22.7 Å². The zero-order valence-corrected chi connectivity index (χ0v) is 25.0. The normalized spacial score (nSPS) is 12.2. The number of rotatable bonds is 4. The molecule has 0 amide bonds. The topological polar surface area (TPSA) is 26.3 Å². The molecule has 2 nitrogen and oxygen atoms in total. The predicted octanol–water partition coefficient (Wildman–Crippen LogP) is 12.9. The predicted molar refractivity (Wildman–Crippen MR) is 188 cm³/mol. The fraction of sp³-hybridized carbons (Fsp3) is 0. The highest BCUT2D eigenvalue weighted by atomic mass is 32.1. The third kappa shape index (κ3) is 3.47. The van der Waals surface area contributed by atoms with E-state index in [1.54, 1.807) is 0 Å². The van der Waals surface area contributed by atoms with Crippen LogP contribution in [0.5, 0.6) is 0 Å². The van der Waals surface area contributed by atoms with Crippen LogP contribution in [0.25, 0.3) is 102 Å². The molecule has 0 unspecified atom stereocenters. The lowest BCUT2D eigenvalue weighted by Gasteiger charge is -2.20. The van der Waals surface area contributed by atoms with Gasteiger partial charge in [0.2, 0.25) is 0 Å². The van der Waals surface area contributed by atoms with Crippen molar-refractivity contribution in [2.45, 2.75) is 0 Å². The van der Waals surface area contributed by atoms with Crippen molar-refractivity contribution in [2.24, 2.45) is 0 Å². The molecule has 0 radical (unpaired) electrons. The van der Waals surface area contributed by atoms with Gasteiger partial charge in [-0.05, 0) is 87.1 Å². The van der Waals surface area contributed by atoms with Crippen molar-refractivity contribution in [3.63, 3.8) is 0 Å². The average Bonchev–Trinajstić information content (AvgIpc) is 3.66. The molecular formula is C40H22O2S2. The summed E-state index contributed by atoms with van der Waals surface area (Å²) in [4.78, 5) is 2.56. The molecule has 0 N–H and O–H groups in total. The van der Waals surface area contributed by atoms with E-state index < -0.39 is 0 Å². The van der Waals surface area contributed by atoms with Gasteiger partial charge in [-0.2, -0.15) is 0 Å². The summed E-state index contributed by atoms with van der Waals surface area (Å²) < 4.78 is 16.0. The van der Waals surface area contributed by atoms with Crippen molar-refractivity contribution in [1.82, 2.24) is 0 Å². The highest BCUT2D eigenvalue weighted by molar-refractivity contribution is 7.31. The Balaban J connectivity index is 1.15. The highest BCUT2D eigenvalue weighted by Crippen LogP contribution is 2.50. The second-order valence-corrected chi connectivity index (χ2v) is 13.5. The van der Waals surface area contributed by atoms with E-state index in [0.717, 1.165) is 71.7 Å². The first kappa shape index (κ1) is 24.3. The minimum Gasteiger partial charge on any atom is -0.456 e. The molecule has 2 aromatic heterocycles. The van der Waals surface area contributed by atoms with Crippen LogP contribution < -0.4 is 0 Å². The molecule has 206 valence electrons. The molecule has 0 saturated carbocycles. The fourth-order valence-electron chi connectivity index (χ4n) is 6.72. The number of fused-ring (bicyclic) bond motifs is 1. The molecular weight excluding hydrogens is 577 g/mol. The van der Waals surface area contributed by atoms with Crippen LogP contribution in [-0.2, 0) is 0 Å². The molecule has 0 bridgehead atoms. The Morgan fingerprint density at radius 2 is 1.05 bits per heavy atom. The van der Waals surface area contributed by atoms with E-state index in [0.29, 0.717) is 0 Å². The van der Waals surface area contributed by atoms with Crippen LogP contribution in [0.3, 0.4) is 0 Å². The summed E-state index contributed by atoms with van der Waals surface area (Å²) in [7, 11) is 0. The lowest BCUT2D eigenvalue weighted by atomic mass is 9.88. The molecule has 0 atom stereocenters. The van der Waals surface area contributed by atoms with E-state index in [1.165, 1.54) is 30.3 Å². The summed E-state index contributed by atoms with van der Waals surface area (Å²) in [5, 5.41) is 4.53. The summed E-state index contributed by atoms with van der Waals surface area (Å²) >= 11 is 3.70. The second-order valence-electron chi connectivity index (χ2n) is 11.4. The Morgan fingerprint density at radius 3 is 1.66 bits per heavy atom. The summed E-state index contributed by atoms with van der Waals surface area (Å²) in [5.41, 5.74) is 11.6. The Morgan fingerprint density at radius 1 is 0.477 bits per heavy atom. The minimum absolute atomic E-state index is 0.867. The molecule has 6 aromatic carbocycles. The SMILES string of the molecule is C=Cc1ccc(-c2cc3ccc4oc5cc(-c6cc7sc(-c8ccccc8)cc7s6)cc6ccc7oc(c2)c3c4-c7c65)cc1. The molecule has 44 heavy (non-hydrogen) atoms. The van der Waals surface area contributed by atoms with Gasteiger partial charge in [0.1, 0.15) is 22.3 Å². The third-order valence-corrected chi connectivity index (χ3v) is 11.2. The Bertz CT molecular complexity index is 2630. The maximum absolute atomic E-state index is 6.72. The summed E-state index contributed by atoms with van der Waals surface area (Å²) in [5.74, 6) is 0.